The van der Waals surface area contributed by atoms with Crippen LogP contribution in [-0.2, 0) is 19.1 Å². The number of terminal acetylenes is 1. The normalized spacial score (nSPS) is 9.76. The molecule has 0 aliphatic rings. The van der Waals surface area contributed by atoms with Gasteiger partial charge >= 0.3 is 11.9 Å². The van der Waals surface area contributed by atoms with Crippen LogP contribution in [-0.4, -0.2) is 25.2 Å². The molecule has 0 aliphatic carbocycles. The fourth-order valence-electron chi connectivity index (χ4n) is 1.06. The van der Waals surface area contributed by atoms with Gasteiger partial charge in [-0.3, -0.25) is 9.59 Å². The average molecular weight is 240 g/mol. The van der Waals surface area contributed by atoms with Gasteiger partial charge in [-0.25, -0.2) is 0 Å². The average Bonchev–Trinajstić information content (AvgIpc) is 2.29. The molecule has 4 heteroatoms. The van der Waals surface area contributed by atoms with Crippen molar-refractivity contribution in [2.24, 2.45) is 5.92 Å². The van der Waals surface area contributed by atoms with Gasteiger partial charge in [0.05, 0.1) is 6.61 Å². The van der Waals surface area contributed by atoms with Gasteiger partial charge in [0.25, 0.3) is 0 Å². The summed E-state index contributed by atoms with van der Waals surface area (Å²) in [6.07, 6.45) is 6.81. The van der Waals surface area contributed by atoms with E-state index in [1.807, 2.05) is 13.8 Å². The predicted molar refractivity (Wildman–Crippen MR) is 64.1 cm³/mol. The van der Waals surface area contributed by atoms with Gasteiger partial charge in [-0.2, -0.15) is 0 Å². The van der Waals surface area contributed by atoms with E-state index in [-0.39, 0.29) is 18.5 Å². The van der Waals surface area contributed by atoms with Crippen LogP contribution < -0.4 is 0 Å². The first kappa shape index (κ1) is 15.5. The largest absolute Gasteiger partial charge is 0.465 e. The van der Waals surface area contributed by atoms with Gasteiger partial charge < -0.3 is 9.47 Å². The summed E-state index contributed by atoms with van der Waals surface area (Å²) in [4.78, 5) is 22.2. The molecule has 0 radical (unpaired) electrons. The Morgan fingerprint density at radius 2 is 1.65 bits per heavy atom. The van der Waals surface area contributed by atoms with E-state index in [1.165, 1.54) is 0 Å². The number of carbonyl (C=O) groups excluding carboxylic acids is 2. The summed E-state index contributed by atoms with van der Waals surface area (Å²) in [5.74, 6) is 2.03. The Kier molecular flexibility index (Phi) is 8.85. The van der Waals surface area contributed by atoms with Crippen molar-refractivity contribution in [3.05, 3.63) is 0 Å². The highest BCUT2D eigenvalue weighted by atomic mass is 16.5. The first-order valence-electron chi connectivity index (χ1n) is 5.81. The summed E-state index contributed by atoms with van der Waals surface area (Å²) >= 11 is 0. The van der Waals surface area contributed by atoms with Gasteiger partial charge in [-0.15, -0.1) is 6.42 Å². The first-order chi connectivity index (χ1) is 8.06. The Morgan fingerprint density at radius 3 is 2.12 bits per heavy atom. The lowest BCUT2D eigenvalue weighted by atomic mass is 10.2. The number of rotatable bonds is 8. The van der Waals surface area contributed by atoms with E-state index < -0.39 is 0 Å². The SMILES string of the molecule is C#CCOC(=O)CCCCC(=O)OCC(C)C. The van der Waals surface area contributed by atoms with E-state index in [4.69, 9.17) is 11.2 Å². The zero-order valence-electron chi connectivity index (χ0n) is 10.5. The molecular weight excluding hydrogens is 220 g/mol. The highest BCUT2D eigenvalue weighted by molar-refractivity contribution is 5.70. The van der Waals surface area contributed by atoms with Crippen molar-refractivity contribution in [3.8, 4) is 12.3 Å². The second kappa shape index (κ2) is 9.71. The predicted octanol–water partition coefficient (Wildman–Crippen LogP) is 1.92. The summed E-state index contributed by atoms with van der Waals surface area (Å²) in [6, 6.07) is 0. The molecule has 0 aromatic carbocycles. The van der Waals surface area contributed by atoms with E-state index in [0.29, 0.717) is 38.2 Å². The summed E-state index contributed by atoms with van der Waals surface area (Å²) in [5.41, 5.74) is 0. The van der Waals surface area contributed by atoms with Crippen LogP contribution in [0.1, 0.15) is 39.5 Å². The number of hydrogen-bond acceptors (Lipinski definition) is 4. The molecule has 0 aromatic rings. The highest BCUT2D eigenvalue weighted by Crippen LogP contribution is 2.04. The minimum atomic E-state index is -0.321. The minimum absolute atomic E-state index is 0.00919. The van der Waals surface area contributed by atoms with Gasteiger partial charge in [0, 0.05) is 12.8 Å². The molecule has 0 rings (SSSR count). The summed E-state index contributed by atoms with van der Waals surface area (Å²) < 4.78 is 9.68. The van der Waals surface area contributed by atoms with Crippen molar-refractivity contribution in [3.63, 3.8) is 0 Å². The quantitative estimate of drug-likeness (QED) is 0.369. The molecule has 4 nitrogen and oxygen atoms in total. The molecular formula is C13H20O4. The number of hydrogen-bond donors (Lipinski definition) is 0. The fourth-order valence-corrected chi connectivity index (χ4v) is 1.06. The summed E-state index contributed by atoms with van der Waals surface area (Å²) in [5, 5.41) is 0. The maximum Gasteiger partial charge on any atom is 0.306 e. The molecule has 0 unspecified atom stereocenters. The molecule has 17 heavy (non-hydrogen) atoms. The van der Waals surface area contributed by atoms with Crippen molar-refractivity contribution in [1.82, 2.24) is 0 Å². The molecule has 0 atom stereocenters. The fraction of sp³-hybridized carbons (Fsp3) is 0.692. The van der Waals surface area contributed by atoms with Crippen molar-refractivity contribution < 1.29 is 19.1 Å². The van der Waals surface area contributed by atoms with Crippen LogP contribution in [0.2, 0.25) is 0 Å². The van der Waals surface area contributed by atoms with Crippen LogP contribution in [0.25, 0.3) is 0 Å². The lowest BCUT2D eigenvalue weighted by Gasteiger charge is -2.06. The van der Waals surface area contributed by atoms with Crippen LogP contribution in [0.4, 0.5) is 0 Å². The van der Waals surface area contributed by atoms with E-state index in [9.17, 15) is 9.59 Å². The minimum Gasteiger partial charge on any atom is -0.465 e. The van der Waals surface area contributed by atoms with Crippen LogP contribution in [0.3, 0.4) is 0 Å². The van der Waals surface area contributed by atoms with Crippen molar-refractivity contribution in [1.29, 1.82) is 0 Å². The van der Waals surface area contributed by atoms with Gasteiger partial charge in [-0.1, -0.05) is 19.8 Å². The monoisotopic (exact) mass is 240 g/mol. The van der Waals surface area contributed by atoms with Crippen LogP contribution in [0, 0.1) is 18.3 Å². The van der Waals surface area contributed by atoms with Gasteiger partial charge in [0.2, 0.25) is 0 Å². The zero-order valence-corrected chi connectivity index (χ0v) is 10.5. The molecule has 0 bridgehead atoms. The molecule has 0 amide bonds. The smallest absolute Gasteiger partial charge is 0.306 e. The van der Waals surface area contributed by atoms with E-state index in [2.05, 4.69) is 10.7 Å². The number of unbranched alkanes of at least 4 members (excludes halogenated alkanes) is 1. The zero-order chi connectivity index (χ0) is 13.1. The Morgan fingerprint density at radius 1 is 1.12 bits per heavy atom. The molecule has 0 fully saturated rings. The molecule has 0 aliphatic heterocycles. The topological polar surface area (TPSA) is 52.6 Å². The molecule has 0 saturated heterocycles. The first-order valence-corrected chi connectivity index (χ1v) is 5.81. The number of ether oxygens (including phenoxy) is 2. The lowest BCUT2D eigenvalue weighted by molar-refractivity contribution is -0.146. The maximum absolute atomic E-state index is 11.2. The Balaban J connectivity index is 3.42. The Bertz CT molecular complexity index is 276. The molecule has 0 N–H and O–H groups in total. The van der Waals surface area contributed by atoms with E-state index >= 15 is 0 Å². The van der Waals surface area contributed by atoms with Crippen molar-refractivity contribution in [2.45, 2.75) is 39.5 Å². The third-order valence-electron chi connectivity index (χ3n) is 1.91. The second-order valence-electron chi connectivity index (χ2n) is 4.15. The van der Waals surface area contributed by atoms with Crippen molar-refractivity contribution in [2.75, 3.05) is 13.2 Å². The maximum atomic E-state index is 11.2. The number of carbonyl (C=O) groups is 2. The standard InChI is InChI=1S/C13H20O4/c1-4-9-16-12(14)7-5-6-8-13(15)17-10-11(2)3/h1,11H,5-10H2,2-3H3. The van der Waals surface area contributed by atoms with Crippen LogP contribution in [0.15, 0.2) is 0 Å². The molecule has 0 spiro atoms. The lowest BCUT2D eigenvalue weighted by Crippen LogP contribution is -2.10. The van der Waals surface area contributed by atoms with Gasteiger partial charge in [-0.05, 0) is 18.8 Å². The third kappa shape index (κ3) is 10.8. The number of esters is 2. The van der Waals surface area contributed by atoms with Gasteiger partial charge in [0.15, 0.2) is 6.61 Å². The molecule has 0 saturated carbocycles. The Hall–Kier alpha value is -1.50. The molecule has 0 aromatic heterocycles. The highest BCUT2D eigenvalue weighted by Gasteiger charge is 2.06. The third-order valence-corrected chi connectivity index (χ3v) is 1.91. The van der Waals surface area contributed by atoms with E-state index in [1.54, 1.807) is 0 Å². The van der Waals surface area contributed by atoms with Gasteiger partial charge in [0.1, 0.15) is 0 Å². The molecule has 96 valence electrons. The van der Waals surface area contributed by atoms with Crippen LogP contribution >= 0.6 is 0 Å². The Labute approximate surface area is 103 Å². The molecule has 0 heterocycles. The van der Waals surface area contributed by atoms with Crippen LogP contribution in [0.5, 0.6) is 0 Å². The summed E-state index contributed by atoms with van der Waals surface area (Å²) in [6.45, 7) is 4.42. The van der Waals surface area contributed by atoms with E-state index in [0.717, 1.165) is 0 Å². The van der Waals surface area contributed by atoms with Crippen molar-refractivity contribution >= 4 is 11.9 Å². The second-order valence-corrected chi connectivity index (χ2v) is 4.15. The summed E-state index contributed by atoms with van der Waals surface area (Å²) in [7, 11) is 0.